The highest BCUT2D eigenvalue weighted by Crippen LogP contribution is 2.42. The molecule has 0 radical (unpaired) electrons. The number of primary amides is 1. The molecule has 1 aliphatic carbocycles. The van der Waals surface area contributed by atoms with Crippen molar-refractivity contribution in [2.75, 3.05) is 31.1 Å². The van der Waals surface area contributed by atoms with E-state index in [0.717, 1.165) is 11.3 Å². The molecule has 1 aromatic carbocycles. The van der Waals surface area contributed by atoms with Gasteiger partial charge in [0.1, 0.15) is 5.78 Å². The molecule has 7 heteroatoms. The Kier molecular flexibility index (Phi) is 4.99. The lowest BCUT2D eigenvalue weighted by Crippen LogP contribution is -2.48. The number of Topliss-reactive ketones (excluding diaryl/α,β-unsaturated/α-hetero) is 1. The number of ketones is 1. The Morgan fingerprint density at radius 1 is 1.20 bits per heavy atom. The van der Waals surface area contributed by atoms with Crippen LogP contribution in [0.2, 0.25) is 5.02 Å². The third-order valence-corrected chi connectivity index (χ3v) is 5.50. The number of nitrogens with two attached hydrogens (primary N) is 1. The molecular weight excluding hydrogens is 342 g/mol. The summed E-state index contributed by atoms with van der Waals surface area (Å²) in [6.07, 6.45) is 0.638. The first-order valence-electron chi connectivity index (χ1n) is 8.49. The molecule has 6 nitrogen and oxygen atoms in total. The molecule has 1 heterocycles. The second-order valence-corrected chi connectivity index (χ2v) is 7.14. The van der Waals surface area contributed by atoms with Crippen LogP contribution in [0, 0.1) is 5.92 Å². The first kappa shape index (κ1) is 17.7. The molecular formula is C18H22ClN3O3. The number of piperazine rings is 1. The topological polar surface area (TPSA) is 83.7 Å². The highest BCUT2D eigenvalue weighted by molar-refractivity contribution is 6.33. The maximum Gasteiger partial charge on any atom is 0.221 e. The fraction of sp³-hybridized carbons (Fsp3) is 0.500. The fourth-order valence-electron chi connectivity index (χ4n) is 3.79. The Labute approximate surface area is 151 Å². The van der Waals surface area contributed by atoms with Crippen LogP contribution < -0.4 is 10.6 Å². The first-order chi connectivity index (χ1) is 11.9. The normalized spacial score (nSPS) is 23.8. The number of hydrogen-bond donors (Lipinski definition) is 1. The van der Waals surface area contributed by atoms with Crippen LogP contribution in [0.15, 0.2) is 18.2 Å². The van der Waals surface area contributed by atoms with Crippen molar-refractivity contribution in [1.29, 1.82) is 0 Å². The maximum atomic E-state index is 12.5. The molecule has 1 aliphatic heterocycles. The third kappa shape index (κ3) is 3.49. The van der Waals surface area contributed by atoms with Gasteiger partial charge < -0.3 is 15.5 Å². The van der Waals surface area contributed by atoms with Crippen molar-refractivity contribution in [2.45, 2.75) is 25.7 Å². The van der Waals surface area contributed by atoms with Crippen LogP contribution in [-0.2, 0) is 14.4 Å². The zero-order valence-corrected chi connectivity index (χ0v) is 15.0. The van der Waals surface area contributed by atoms with Gasteiger partial charge in [-0.3, -0.25) is 14.4 Å². The number of para-hydroxylation sites is 1. The zero-order valence-electron chi connectivity index (χ0n) is 14.2. The number of anilines is 1. The molecule has 0 bridgehead atoms. The monoisotopic (exact) mass is 363 g/mol. The predicted molar refractivity (Wildman–Crippen MR) is 95.6 cm³/mol. The average Bonchev–Trinajstić information content (AvgIpc) is 2.97. The van der Waals surface area contributed by atoms with E-state index in [4.69, 9.17) is 17.3 Å². The van der Waals surface area contributed by atoms with Gasteiger partial charge in [0.2, 0.25) is 11.8 Å². The van der Waals surface area contributed by atoms with Gasteiger partial charge in [-0.2, -0.15) is 0 Å². The maximum absolute atomic E-state index is 12.5. The Bertz CT molecular complexity index is 714. The molecule has 134 valence electrons. The van der Waals surface area contributed by atoms with E-state index in [1.807, 2.05) is 18.2 Å². The average molecular weight is 364 g/mol. The Balaban J connectivity index is 1.87. The summed E-state index contributed by atoms with van der Waals surface area (Å²) in [5.74, 6) is -1.07. The van der Waals surface area contributed by atoms with Crippen molar-refractivity contribution in [3.8, 4) is 0 Å². The summed E-state index contributed by atoms with van der Waals surface area (Å²) in [6, 6.07) is 5.55. The van der Waals surface area contributed by atoms with Gasteiger partial charge in [0.25, 0.3) is 0 Å². The minimum absolute atomic E-state index is 0.0367. The summed E-state index contributed by atoms with van der Waals surface area (Å²) in [6.45, 7) is 4.15. The summed E-state index contributed by atoms with van der Waals surface area (Å²) in [4.78, 5) is 39.4. The van der Waals surface area contributed by atoms with Gasteiger partial charge in [-0.1, -0.05) is 23.7 Å². The van der Waals surface area contributed by atoms with Gasteiger partial charge in [0, 0.05) is 51.4 Å². The van der Waals surface area contributed by atoms with Crippen molar-refractivity contribution in [1.82, 2.24) is 4.90 Å². The number of carbonyl (C=O) groups is 3. The van der Waals surface area contributed by atoms with Crippen LogP contribution in [0.25, 0.3) is 0 Å². The molecule has 1 saturated heterocycles. The summed E-state index contributed by atoms with van der Waals surface area (Å²) in [7, 11) is 0. The van der Waals surface area contributed by atoms with Gasteiger partial charge in [-0.25, -0.2) is 0 Å². The van der Waals surface area contributed by atoms with E-state index in [1.54, 1.807) is 11.8 Å². The zero-order chi connectivity index (χ0) is 18.1. The number of carbonyl (C=O) groups excluding carboxylic acids is 3. The minimum atomic E-state index is -0.422. The molecule has 3 rings (SSSR count). The van der Waals surface area contributed by atoms with E-state index in [0.29, 0.717) is 37.6 Å². The Hall–Kier alpha value is -2.08. The molecule has 2 aliphatic rings. The van der Waals surface area contributed by atoms with Crippen molar-refractivity contribution in [2.24, 2.45) is 11.7 Å². The lowest BCUT2D eigenvalue weighted by atomic mass is 9.93. The SMILES string of the molecule is CC(=O)N1CCN(c2c(Cl)cccc2[C@H]2C[C@@H](C(N)=O)CC2=O)CC1. The molecule has 0 aromatic heterocycles. The summed E-state index contributed by atoms with van der Waals surface area (Å²) in [5.41, 5.74) is 7.09. The molecule has 2 atom stereocenters. The van der Waals surface area contributed by atoms with Crippen LogP contribution in [0.5, 0.6) is 0 Å². The molecule has 1 aromatic rings. The van der Waals surface area contributed by atoms with E-state index < -0.39 is 11.8 Å². The smallest absolute Gasteiger partial charge is 0.221 e. The molecule has 25 heavy (non-hydrogen) atoms. The predicted octanol–water partition coefficient (Wildman–Crippen LogP) is 1.56. The number of rotatable bonds is 3. The van der Waals surface area contributed by atoms with E-state index in [2.05, 4.69) is 4.90 Å². The number of benzene rings is 1. The number of nitrogens with zero attached hydrogens (tertiary/aromatic N) is 2. The van der Waals surface area contributed by atoms with Crippen molar-refractivity contribution < 1.29 is 14.4 Å². The van der Waals surface area contributed by atoms with Crippen LogP contribution in [0.3, 0.4) is 0 Å². The van der Waals surface area contributed by atoms with Crippen LogP contribution in [0.4, 0.5) is 5.69 Å². The summed E-state index contributed by atoms with van der Waals surface area (Å²) < 4.78 is 0. The molecule has 0 spiro atoms. The second-order valence-electron chi connectivity index (χ2n) is 6.73. The van der Waals surface area contributed by atoms with Crippen LogP contribution >= 0.6 is 11.6 Å². The second kappa shape index (κ2) is 7.04. The fourth-order valence-corrected chi connectivity index (χ4v) is 4.09. The molecule has 0 unspecified atom stereocenters. The molecule has 2 fully saturated rings. The Morgan fingerprint density at radius 3 is 2.44 bits per heavy atom. The van der Waals surface area contributed by atoms with Gasteiger partial charge in [-0.15, -0.1) is 0 Å². The van der Waals surface area contributed by atoms with Gasteiger partial charge in [-0.05, 0) is 18.1 Å². The molecule has 2 N–H and O–H groups in total. The van der Waals surface area contributed by atoms with E-state index in [-0.39, 0.29) is 24.0 Å². The highest BCUT2D eigenvalue weighted by Gasteiger charge is 2.38. The molecule has 1 saturated carbocycles. The Morgan fingerprint density at radius 2 is 1.88 bits per heavy atom. The molecule has 2 amide bonds. The number of halogens is 1. The number of hydrogen-bond acceptors (Lipinski definition) is 4. The van der Waals surface area contributed by atoms with Gasteiger partial charge in [0.05, 0.1) is 10.7 Å². The number of amides is 2. The van der Waals surface area contributed by atoms with Gasteiger partial charge in [0.15, 0.2) is 0 Å². The van der Waals surface area contributed by atoms with E-state index in [1.165, 1.54) is 0 Å². The van der Waals surface area contributed by atoms with E-state index >= 15 is 0 Å². The first-order valence-corrected chi connectivity index (χ1v) is 8.87. The third-order valence-electron chi connectivity index (χ3n) is 5.19. The van der Waals surface area contributed by atoms with Crippen LogP contribution in [-0.4, -0.2) is 48.7 Å². The van der Waals surface area contributed by atoms with Gasteiger partial charge >= 0.3 is 0 Å². The van der Waals surface area contributed by atoms with Crippen molar-refractivity contribution in [3.05, 3.63) is 28.8 Å². The lowest BCUT2D eigenvalue weighted by molar-refractivity contribution is -0.129. The van der Waals surface area contributed by atoms with E-state index in [9.17, 15) is 14.4 Å². The van der Waals surface area contributed by atoms with Crippen molar-refractivity contribution in [3.63, 3.8) is 0 Å². The highest BCUT2D eigenvalue weighted by atomic mass is 35.5. The summed E-state index contributed by atoms with van der Waals surface area (Å²) >= 11 is 6.46. The van der Waals surface area contributed by atoms with Crippen molar-refractivity contribution >= 4 is 34.9 Å². The van der Waals surface area contributed by atoms with Crippen LogP contribution in [0.1, 0.15) is 31.2 Å². The summed E-state index contributed by atoms with van der Waals surface area (Å²) in [5, 5.41) is 0.587. The minimum Gasteiger partial charge on any atom is -0.369 e. The lowest BCUT2D eigenvalue weighted by Gasteiger charge is -2.37. The quantitative estimate of drug-likeness (QED) is 0.883. The standard InChI is InChI=1S/C18H22ClN3O3/c1-11(23)21-5-7-22(8-6-21)17-13(3-2-4-15(17)19)14-9-12(18(20)25)10-16(14)24/h2-4,12,14H,5-10H2,1H3,(H2,20,25)/t12-,14-/m1/s1. The largest absolute Gasteiger partial charge is 0.369 e.